The van der Waals surface area contributed by atoms with E-state index in [1.807, 2.05) is 24.3 Å². The van der Waals surface area contributed by atoms with Crippen LogP contribution in [0.2, 0.25) is 0 Å². The van der Waals surface area contributed by atoms with Gasteiger partial charge in [0, 0.05) is 0 Å². The molecule has 26 heavy (non-hydrogen) atoms. The first kappa shape index (κ1) is 17.3. The van der Waals surface area contributed by atoms with Gasteiger partial charge in [-0.3, -0.25) is 4.79 Å². The van der Waals surface area contributed by atoms with E-state index in [9.17, 15) is 4.79 Å². The van der Waals surface area contributed by atoms with Crippen LogP contribution in [0.15, 0.2) is 59.2 Å². The van der Waals surface area contributed by atoms with Crippen LogP contribution in [0.4, 0.5) is 11.6 Å². The van der Waals surface area contributed by atoms with Gasteiger partial charge in [-0.15, -0.1) is 10.2 Å². The minimum Gasteiger partial charge on any atom is -0.497 e. The number of rotatable bonds is 8. The molecule has 1 amide bonds. The highest BCUT2D eigenvalue weighted by atomic mass is 16.5. The predicted octanol–water partition coefficient (Wildman–Crippen LogP) is 2.82. The van der Waals surface area contributed by atoms with Gasteiger partial charge in [0.1, 0.15) is 23.9 Å². The number of nitrogens with one attached hydrogen (secondary N) is 2. The largest absolute Gasteiger partial charge is 0.497 e. The van der Waals surface area contributed by atoms with E-state index in [1.165, 1.54) is 6.26 Å². The number of ether oxygens (including phenoxy) is 2. The number of furan rings is 1. The monoisotopic (exact) mass is 354 g/mol. The van der Waals surface area contributed by atoms with Gasteiger partial charge in [-0.05, 0) is 48.5 Å². The molecule has 1 aromatic carbocycles. The van der Waals surface area contributed by atoms with Gasteiger partial charge in [0.2, 0.25) is 0 Å². The van der Waals surface area contributed by atoms with Gasteiger partial charge in [0.05, 0.1) is 19.9 Å². The average molecular weight is 354 g/mol. The molecule has 0 aliphatic rings. The molecule has 0 aliphatic heterocycles. The van der Waals surface area contributed by atoms with Crippen LogP contribution in [0.25, 0.3) is 0 Å². The molecule has 3 rings (SSSR count). The molecule has 0 saturated heterocycles. The number of anilines is 2. The first-order chi connectivity index (χ1) is 12.7. The van der Waals surface area contributed by atoms with Gasteiger partial charge in [0.15, 0.2) is 11.6 Å². The van der Waals surface area contributed by atoms with Gasteiger partial charge in [-0.25, -0.2) is 0 Å². The molecule has 8 nitrogen and oxygen atoms in total. The second kappa shape index (κ2) is 8.52. The number of methoxy groups -OCH3 is 1. The van der Waals surface area contributed by atoms with E-state index >= 15 is 0 Å². The number of carbonyl (C=O) groups is 1. The summed E-state index contributed by atoms with van der Waals surface area (Å²) >= 11 is 0. The summed E-state index contributed by atoms with van der Waals surface area (Å²) < 4.78 is 15.7. The Hall–Kier alpha value is -3.55. The molecule has 134 valence electrons. The third kappa shape index (κ3) is 4.73. The van der Waals surface area contributed by atoms with Gasteiger partial charge in [-0.1, -0.05) is 0 Å². The lowest BCUT2D eigenvalue weighted by Crippen LogP contribution is -2.14. The van der Waals surface area contributed by atoms with E-state index in [4.69, 9.17) is 13.9 Å². The lowest BCUT2D eigenvalue weighted by Gasteiger charge is -2.08. The molecule has 0 unspecified atom stereocenters. The first-order valence-corrected chi connectivity index (χ1v) is 7.94. The number of aromatic nitrogens is 2. The van der Waals surface area contributed by atoms with Crippen molar-refractivity contribution in [3.63, 3.8) is 0 Å². The molecule has 8 heteroatoms. The Morgan fingerprint density at radius 3 is 2.42 bits per heavy atom. The van der Waals surface area contributed by atoms with Crippen LogP contribution >= 0.6 is 0 Å². The number of amides is 1. The Kier molecular flexibility index (Phi) is 5.66. The summed E-state index contributed by atoms with van der Waals surface area (Å²) in [6, 6.07) is 13.9. The van der Waals surface area contributed by atoms with Gasteiger partial charge in [0.25, 0.3) is 5.91 Å². The zero-order valence-electron chi connectivity index (χ0n) is 14.1. The number of nitrogens with zero attached hydrogens (tertiary/aromatic N) is 2. The molecule has 3 aromatic rings. The SMILES string of the molecule is COc1ccc(OCCNc2ccc(NC(=O)c3ccco3)nn2)cc1. The summed E-state index contributed by atoms with van der Waals surface area (Å²) in [4.78, 5) is 11.8. The summed E-state index contributed by atoms with van der Waals surface area (Å²) in [6.45, 7) is 1.02. The molecule has 2 aromatic heterocycles. The van der Waals surface area contributed by atoms with Crippen molar-refractivity contribution in [3.8, 4) is 11.5 Å². The van der Waals surface area contributed by atoms with E-state index in [-0.39, 0.29) is 11.7 Å². The highest BCUT2D eigenvalue weighted by Gasteiger charge is 2.09. The molecule has 0 radical (unpaired) electrons. The zero-order chi connectivity index (χ0) is 18.2. The Bertz CT molecular complexity index is 817. The second-order valence-electron chi connectivity index (χ2n) is 5.19. The van der Waals surface area contributed by atoms with E-state index in [0.717, 1.165) is 11.5 Å². The molecule has 0 spiro atoms. The Balaban J connectivity index is 1.41. The predicted molar refractivity (Wildman–Crippen MR) is 95.7 cm³/mol. The highest BCUT2D eigenvalue weighted by molar-refractivity contribution is 6.01. The number of hydrogen-bond donors (Lipinski definition) is 2. The Morgan fingerprint density at radius 1 is 1.04 bits per heavy atom. The number of hydrogen-bond acceptors (Lipinski definition) is 7. The summed E-state index contributed by atoms with van der Waals surface area (Å²) in [6.07, 6.45) is 1.43. The van der Waals surface area contributed by atoms with E-state index < -0.39 is 0 Å². The summed E-state index contributed by atoms with van der Waals surface area (Å²) in [5, 5.41) is 13.6. The lowest BCUT2D eigenvalue weighted by molar-refractivity contribution is 0.0996. The normalized spacial score (nSPS) is 10.2. The summed E-state index contributed by atoms with van der Waals surface area (Å²) in [5.74, 6) is 2.30. The van der Waals surface area contributed by atoms with Crippen molar-refractivity contribution in [1.82, 2.24) is 10.2 Å². The third-order valence-corrected chi connectivity index (χ3v) is 3.39. The van der Waals surface area contributed by atoms with Crippen LogP contribution < -0.4 is 20.1 Å². The molecule has 0 fully saturated rings. The standard InChI is InChI=1S/C18H18N4O4/c1-24-13-4-6-14(7-5-13)25-12-10-19-16-8-9-17(22-21-16)20-18(23)15-3-2-11-26-15/h2-9,11H,10,12H2,1H3,(H,19,21)(H,20,22,23). The first-order valence-electron chi connectivity index (χ1n) is 7.94. The molecule has 0 atom stereocenters. The van der Waals surface area contributed by atoms with E-state index in [1.54, 1.807) is 31.4 Å². The lowest BCUT2D eigenvalue weighted by atomic mass is 10.3. The minimum absolute atomic E-state index is 0.213. The zero-order valence-corrected chi connectivity index (χ0v) is 14.1. The van der Waals surface area contributed by atoms with Crippen LogP contribution in [0.1, 0.15) is 10.6 Å². The Morgan fingerprint density at radius 2 is 1.77 bits per heavy atom. The van der Waals surface area contributed by atoms with E-state index in [2.05, 4.69) is 20.8 Å². The summed E-state index contributed by atoms with van der Waals surface area (Å²) in [5.41, 5.74) is 0. The molecular formula is C18H18N4O4. The van der Waals surface area contributed by atoms with Crippen molar-refractivity contribution >= 4 is 17.5 Å². The maximum Gasteiger partial charge on any atom is 0.292 e. The van der Waals surface area contributed by atoms with Crippen molar-refractivity contribution in [2.75, 3.05) is 30.9 Å². The van der Waals surface area contributed by atoms with E-state index in [0.29, 0.717) is 24.8 Å². The third-order valence-electron chi connectivity index (χ3n) is 3.39. The average Bonchev–Trinajstić information content (AvgIpc) is 3.22. The quantitative estimate of drug-likeness (QED) is 0.600. The van der Waals surface area contributed by atoms with Crippen molar-refractivity contribution < 1.29 is 18.7 Å². The maximum atomic E-state index is 11.8. The van der Waals surface area contributed by atoms with Crippen LogP contribution in [0.5, 0.6) is 11.5 Å². The Labute approximate surface area is 150 Å². The number of carbonyl (C=O) groups excluding carboxylic acids is 1. The van der Waals surface area contributed by atoms with Crippen LogP contribution in [0.3, 0.4) is 0 Å². The molecular weight excluding hydrogens is 336 g/mol. The van der Waals surface area contributed by atoms with Crippen molar-refractivity contribution in [2.24, 2.45) is 0 Å². The van der Waals surface area contributed by atoms with Crippen LogP contribution in [-0.4, -0.2) is 36.4 Å². The minimum atomic E-state index is -0.377. The molecule has 0 bridgehead atoms. The molecule has 2 heterocycles. The van der Waals surface area contributed by atoms with Gasteiger partial charge in [-0.2, -0.15) is 0 Å². The maximum absolute atomic E-state index is 11.8. The van der Waals surface area contributed by atoms with Crippen molar-refractivity contribution in [1.29, 1.82) is 0 Å². The van der Waals surface area contributed by atoms with Crippen LogP contribution in [0, 0.1) is 0 Å². The van der Waals surface area contributed by atoms with Gasteiger partial charge < -0.3 is 24.5 Å². The molecule has 2 N–H and O–H groups in total. The fourth-order valence-electron chi connectivity index (χ4n) is 2.10. The summed E-state index contributed by atoms with van der Waals surface area (Å²) in [7, 11) is 1.62. The highest BCUT2D eigenvalue weighted by Crippen LogP contribution is 2.16. The molecule has 0 saturated carbocycles. The smallest absolute Gasteiger partial charge is 0.292 e. The van der Waals surface area contributed by atoms with Crippen LogP contribution in [-0.2, 0) is 0 Å². The fraction of sp³-hybridized carbons (Fsp3) is 0.167. The number of benzene rings is 1. The van der Waals surface area contributed by atoms with Gasteiger partial charge >= 0.3 is 0 Å². The topological polar surface area (TPSA) is 98.5 Å². The second-order valence-corrected chi connectivity index (χ2v) is 5.19. The fourth-order valence-corrected chi connectivity index (χ4v) is 2.10. The van der Waals surface area contributed by atoms with Crippen molar-refractivity contribution in [2.45, 2.75) is 0 Å². The van der Waals surface area contributed by atoms with Crippen molar-refractivity contribution in [3.05, 3.63) is 60.6 Å². The molecule has 0 aliphatic carbocycles.